The van der Waals surface area contributed by atoms with Crippen LogP contribution in [0.15, 0.2) is 65.6 Å². The maximum absolute atomic E-state index is 13.4. The maximum Gasteiger partial charge on any atom is 0.241 e. The first-order valence-corrected chi connectivity index (χ1v) is 9.14. The number of hydrogen-bond donors (Lipinski definition) is 1. The van der Waals surface area contributed by atoms with Crippen molar-refractivity contribution in [1.29, 1.82) is 0 Å². The lowest BCUT2D eigenvalue weighted by molar-refractivity contribution is -0.115. The third-order valence-electron chi connectivity index (χ3n) is 4.19. The SMILES string of the molecule is O=C(Cc1cc(F)cc(F)c1)Nc1onc(-c2ccc(Cl)cc2)c1-c1ccncn1. The summed E-state index contributed by atoms with van der Waals surface area (Å²) in [6.07, 6.45) is 2.64. The normalized spacial score (nSPS) is 10.8. The summed E-state index contributed by atoms with van der Waals surface area (Å²) in [5, 5.41) is 7.22. The fourth-order valence-electron chi connectivity index (χ4n) is 2.93. The van der Waals surface area contributed by atoms with Crippen molar-refractivity contribution in [3.63, 3.8) is 0 Å². The van der Waals surface area contributed by atoms with Crippen LogP contribution in [0.4, 0.5) is 14.7 Å². The lowest BCUT2D eigenvalue weighted by Gasteiger charge is -2.06. The highest BCUT2D eigenvalue weighted by molar-refractivity contribution is 6.30. The predicted molar refractivity (Wildman–Crippen MR) is 107 cm³/mol. The Morgan fingerprint density at radius 2 is 1.80 bits per heavy atom. The van der Waals surface area contributed by atoms with Crippen molar-refractivity contribution < 1.29 is 18.1 Å². The smallest absolute Gasteiger partial charge is 0.241 e. The first-order chi connectivity index (χ1) is 14.5. The van der Waals surface area contributed by atoms with Crippen LogP contribution in [-0.4, -0.2) is 21.0 Å². The molecule has 9 heteroatoms. The predicted octanol–water partition coefficient (Wildman–Crippen LogP) is 4.91. The number of rotatable bonds is 5. The molecule has 6 nitrogen and oxygen atoms in total. The molecule has 0 aliphatic heterocycles. The summed E-state index contributed by atoms with van der Waals surface area (Å²) in [6.45, 7) is 0. The minimum absolute atomic E-state index is 0.0560. The zero-order chi connectivity index (χ0) is 21.1. The van der Waals surface area contributed by atoms with E-state index in [-0.39, 0.29) is 17.9 Å². The van der Waals surface area contributed by atoms with Gasteiger partial charge in [-0.2, -0.15) is 0 Å². The first kappa shape index (κ1) is 19.7. The monoisotopic (exact) mass is 426 g/mol. The lowest BCUT2D eigenvalue weighted by atomic mass is 10.0. The van der Waals surface area contributed by atoms with Crippen molar-refractivity contribution >= 4 is 23.4 Å². The van der Waals surface area contributed by atoms with Gasteiger partial charge >= 0.3 is 0 Å². The van der Waals surface area contributed by atoms with E-state index in [4.69, 9.17) is 16.1 Å². The van der Waals surface area contributed by atoms with E-state index in [0.717, 1.165) is 18.2 Å². The van der Waals surface area contributed by atoms with Crippen LogP contribution in [0.25, 0.3) is 22.5 Å². The van der Waals surface area contributed by atoms with E-state index in [2.05, 4.69) is 20.4 Å². The molecule has 2 aromatic heterocycles. The van der Waals surface area contributed by atoms with Crippen molar-refractivity contribution in [3.05, 3.63) is 83.3 Å². The van der Waals surface area contributed by atoms with Gasteiger partial charge in [0.05, 0.1) is 17.7 Å². The minimum Gasteiger partial charge on any atom is -0.337 e. The Kier molecular flexibility index (Phi) is 5.49. The largest absolute Gasteiger partial charge is 0.337 e. The summed E-state index contributed by atoms with van der Waals surface area (Å²) in [5.41, 5.74) is 2.25. The maximum atomic E-state index is 13.4. The Labute approximate surface area is 174 Å². The summed E-state index contributed by atoms with van der Waals surface area (Å²) in [6, 6.07) is 11.5. The summed E-state index contributed by atoms with van der Waals surface area (Å²) < 4.78 is 32.1. The molecule has 150 valence electrons. The fraction of sp³-hybridized carbons (Fsp3) is 0.0476. The van der Waals surface area contributed by atoms with Gasteiger partial charge in [-0.3, -0.25) is 10.1 Å². The number of hydrogen-bond acceptors (Lipinski definition) is 5. The average Bonchev–Trinajstić information content (AvgIpc) is 3.11. The van der Waals surface area contributed by atoms with Gasteiger partial charge in [0, 0.05) is 22.8 Å². The molecule has 1 amide bonds. The second-order valence-electron chi connectivity index (χ2n) is 6.34. The van der Waals surface area contributed by atoms with Crippen molar-refractivity contribution in [1.82, 2.24) is 15.1 Å². The Morgan fingerprint density at radius 1 is 1.07 bits per heavy atom. The standard InChI is InChI=1S/C21H13ClF2N4O2/c22-14-3-1-13(2-4-14)20-19(17-5-6-25-11-26-17)21(30-28-20)27-18(29)9-12-7-15(23)10-16(24)8-12/h1-8,10-11H,9H2,(H,27,29). The van der Waals surface area contributed by atoms with Gasteiger partial charge in [0.25, 0.3) is 0 Å². The van der Waals surface area contributed by atoms with E-state index in [1.165, 1.54) is 6.33 Å². The van der Waals surface area contributed by atoms with Gasteiger partial charge in [-0.05, 0) is 35.9 Å². The summed E-state index contributed by atoms with van der Waals surface area (Å²) in [4.78, 5) is 20.6. The fourth-order valence-corrected chi connectivity index (χ4v) is 3.05. The highest BCUT2D eigenvalue weighted by atomic mass is 35.5. The Balaban J connectivity index is 1.67. The molecule has 0 fully saturated rings. The van der Waals surface area contributed by atoms with E-state index in [1.807, 2.05) is 0 Å². The molecule has 0 bridgehead atoms. The minimum atomic E-state index is -0.760. The van der Waals surface area contributed by atoms with Crippen molar-refractivity contribution in [3.8, 4) is 22.5 Å². The van der Waals surface area contributed by atoms with Crippen LogP contribution in [0.1, 0.15) is 5.56 Å². The van der Waals surface area contributed by atoms with Gasteiger partial charge in [-0.1, -0.05) is 28.9 Å². The van der Waals surface area contributed by atoms with E-state index in [1.54, 1.807) is 36.5 Å². The number of nitrogens with one attached hydrogen (secondary N) is 1. The van der Waals surface area contributed by atoms with Gasteiger partial charge in [0.2, 0.25) is 11.8 Å². The molecular weight excluding hydrogens is 414 g/mol. The molecule has 0 saturated heterocycles. The third-order valence-corrected chi connectivity index (χ3v) is 4.44. The molecule has 0 aliphatic carbocycles. The quantitative estimate of drug-likeness (QED) is 0.490. The molecular formula is C21H13ClF2N4O2. The topological polar surface area (TPSA) is 80.9 Å². The molecule has 0 atom stereocenters. The van der Waals surface area contributed by atoms with Crippen molar-refractivity contribution in [2.45, 2.75) is 6.42 Å². The number of aromatic nitrogens is 3. The van der Waals surface area contributed by atoms with Crippen LogP contribution in [0, 0.1) is 11.6 Å². The number of benzene rings is 2. The molecule has 2 heterocycles. The van der Waals surface area contributed by atoms with Crippen LogP contribution in [-0.2, 0) is 11.2 Å². The molecule has 2 aromatic carbocycles. The molecule has 30 heavy (non-hydrogen) atoms. The van der Waals surface area contributed by atoms with E-state index in [0.29, 0.717) is 27.5 Å². The molecule has 0 radical (unpaired) electrons. The summed E-state index contributed by atoms with van der Waals surface area (Å²) >= 11 is 5.95. The number of amides is 1. The highest BCUT2D eigenvalue weighted by Gasteiger charge is 2.22. The molecule has 0 unspecified atom stereocenters. The van der Waals surface area contributed by atoms with Gasteiger partial charge in [-0.25, -0.2) is 18.7 Å². The molecule has 1 N–H and O–H groups in total. The second kappa shape index (κ2) is 8.38. The van der Waals surface area contributed by atoms with Gasteiger partial charge in [-0.15, -0.1) is 0 Å². The average molecular weight is 427 g/mol. The van der Waals surface area contributed by atoms with Crippen LogP contribution >= 0.6 is 11.6 Å². The van der Waals surface area contributed by atoms with Crippen LogP contribution in [0.3, 0.4) is 0 Å². The van der Waals surface area contributed by atoms with Gasteiger partial charge in [0.15, 0.2) is 0 Å². The number of nitrogens with zero attached hydrogens (tertiary/aromatic N) is 3. The second-order valence-corrected chi connectivity index (χ2v) is 6.78. The molecule has 0 saturated carbocycles. The van der Waals surface area contributed by atoms with E-state index in [9.17, 15) is 13.6 Å². The van der Waals surface area contributed by atoms with E-state index < -0.39 is 17.5 Å². The lowest BCUT2D eigenvalue weighted by Crippen LogP contribution is -2.15. The van der Waals surface area contributed by atoms with Crippen LogP contribution < -0.4 is 5.32 Å². The number of halogens is 3. The zero-order valence-electron chi connectivity index (χ0n) is 15.3. The summed E-state index contributed by atoms with van der Waals surface area (Å²) in [5.74, 6) is -2.00. The molecule has 0 aliphatic rings. The number of anilines is 1. The Hall–Kier alpha value is -3.65. The first-order valence-electron chi connectivity index (χ1n) is 8.76. The van der Waals surface area contributed by atoms with Crippen molar-refractivity contribution in [2.75, 3.05) is 5.32 Å². The number of carbonyl (C=O) groups is 1. The van der Waals surface area contributed by atoms with Gasteiger partial charge < -0.3 is 4.52 Å². The van der Waals surface area contributed by atoms with Crippen LogP contribution in [0.2, 0.25) is 5.02 Å². The number of carbonyl (C=O) groups excluding carboxylic acids is 1. The molecule has 4 aromatic rings. The Morgan fingerprint density at radius 3 is 2.47 bits per heavy atom. The highest BCUT2D eigenvalue weighted by Crippen LogP contribution is 2.37. The van der Waals surface area contributed by atoms with Gasteiger partial charge in [0.1, 0.15) is 23.7 Å². The molecule has 4 rings (SSSR count). The Bertz CT molecular complexity index is 1180. The van der Waals surface area contributed by atoms with Crippen molar-refractivity contribution in [2.24, 2.45) is 0 Å². The van der Waals surface area contributed by atoms with Crippen LogP contribution in [0.5, 0.6) is 0 Å². The zero-order valence-corrected chi connectivity index (χ0v) is 16.0. The molecule has 0 spiro atoms. The van der Waals surface area contributed by atoms with E-state index >= 15 is 0 Å². The summed E-state index contributed by atoms with van der Waals surface area (Å²) in [7, 11) is 0. The third kappa shape index (κ3) is 4.33.